The highest BCUT2D eigenvalue weighted by molar-refractivity contribution is 7.98. The quantitative estimate of drug-likeness (QED) is 0.612. The van der Waals surface area contributed by atoms with E-state index in [1.54, 1.807) is 18.2 Å². The van der Waals surface area contributed by atoms with Crippen LogP contribution in [-0.4, -0.2) is 40.6 Å². The van der Waals surface area contributed by atoms with Gasteiger partial charge in [-0.15, -0.1) is 11.8 Å². The average molecular weight is 284 g/mol. The van der Waals surface area contributed by atoms with Crippen LogP contribution in [-0.2, 0) is 4.79 Å². The van der Waals surface area contributed by atoms with Crippen molar-refractivity contribution in [2.24, 2.45) is 0 Å². The van der Waals surface area contributed by atoms with Crippen molar-refractivity contribution >= 4 is 29.4 Å². The molecular formula is C12H16N2O4S. The Morgan fingerprint density at radius 1 is 1.37 bits per heavy atom. The Morgan fingerprint density at radius 2 is 2.05 bits per heavy atom. The molecule has 2 atom stereocenters. The van der Waals surface area contributed by atoms with Crippen LogP contribution in [0.15, 0.2) is 29.2 Å². The normalized spacial score (nSPS) is 13.4. The first-order chi connectivity index (χ1) is 8.93. The molecule has 7 heteroatoms. The van der Waals surface area contributed by atoms with Gasteiger partial charge in [0.2, 0.25) is 0 Å². The monoisotopic (exact) mass is 284 g/mol. The minimum atomic E-state index is -1.34. The predicted octanol–water partition coefficient (Wildman–Crippen LogP) is 1.36. The Labute approximate surface area is 115 Å². The van der Waals surface area contributed by atoms with E-state index in [-0.39, 0.29) is 0 Å². The van der Waals surface area contributed by atoms with Crippen LogP contribution in [0.5, 0.6) is 0 Å². The number of anilines is 1. The zero-order chi connectivity index (χ0) is 14.4. The number of urea groups is 1. The lowest BCUT2D eigenvalue weighted by Crippen LogP contribution is -2.49. The van der Waals surface area contributed by atoms with Crippen molar-refractivity contribution in [3.8, 4) is 0 Å². The molecule has 1 rings (SSSR count). The van der Waals surface area contributed by atoms with Gasteiger partial charge in [0, 0.05) is 10.6 Å². The molecule has 0 spiro atoms. The van der Waals surface area contributed by atoms with Gasteiger partial charge in [0.05, 0.1) is 6.10 Å². The largest absolute Gasteiger partial charge is 0.480 e. The third-order valence-corrected chi connectivity index (χ3v) is 3.09. The van der Waals surface area contributed by atoms with Crippen LogP contribution in [0, 0.1) is 0 Å². The molecule has 0 fully saturated rings. The molecule has 19 heavy (non-hydrogen) atoms. The van der Waals surface area contributed by atoms with Gasteiger partial charge < -0.3 is 20.8 Å². The molecule has 104 valence electrons. The SMILES string of the molecule is CSc1cccc(NC(=O)N[C@H](C(=O)O)[C@@H](C)O)c1. The number of aliphatic hydroxyl groups is 1. The third kappa shape index (κ3) is 4.80. The number of hydrogen-bond donors (Lipinski definition) is 4. The van der Waals surface area contributed by atoms with Crippen molar-refractivity contribution in [3.63, 3.8) is 0 Å². The maximum atomic E-state index is 11.6. The maximum absolute atomic E-state index is 11.6. The first kappa shape index (κ1) is 15.3. The summed E-state index contributed by atoms with van der Waals surface area (Å²) in [7, 11) is 0. The highest BCUT2D eigenvalue weighted by atomic mass is 32.2. The number of amides is 2. The highest BCUT2D eigenvalue weighted by Crippen LogP contribution is 2.18. The summed E-state index contributed by atoms with van der Waals surface area (Å²) in [5.74, 6) is -1.29. The van der Waals surface area contributed by atoms with Gasteiger partial charge in [-0.1, -0.05) is 6.07 Å². The van der Waals surface area contributed by atoms with Crippen LogP contribution >= 0.6 is 11.8 Å². The van der Waals surface area contributed by atoms with E-state index in [0.29, 0.717) is 5.69 Å². The summed E-state index contributed by atoms with van der Waals surface area (Å²) in [6, 6.07) is 5.11. The number of benzene rings is 1. The van der Waals surface area contributed by atoms with E-state index in [9.17, 15) is 14.7 Å². The molecule has 0 saturated heterocycles. The fourth-order valence-corrected chi connectivity index (χ4v) is 1.86. The van der Waals surface area contributed by atoms with E-state index >= 15 is 0 Å². The summed E-state index contributed by atoms with van der Waals surface area (Å²) < 4.78 is 0. The third-order valence-electron chi connectivity index (χ3n) is 2.36. The molecular weight excluding hydrogens is 268 g/mol. The molecule has 4 N–H and O–H groups in total. The van der Waals surface area contributed by atoms with Gasteiger partial charge in [-0.05, 0) is 31.4 Å². The molecule has 0 aliphatic heterocycles. The number of carboxylic acids is 1. The van der Waals surface area contributed by atoms with E-state index in [4.69, 9.17) is 5.11 Å². The van der Waals surface area contributed by atoms with Gasteiger partial charge in [-0.25, -0.2) is 9.59 Å². The highest BCUT2D eigenvalue weighted by Gasteiger charge is 2.24. The van der Waals surface area contributed by atoms with Crippen LogP contribution in [0.3, 0.4) is 0 Å². The van der Waals surface area contributed by atoms with Crippen LogP contribution in [0.25, 0.3) is 0 Å². The Hall–Kier alpha value is -1.73. The number of rotatable bonds is 5. The minimum Gasteiger partial charge on any atom is -0.480 e. The molecule has 0 aliphatic rings. The molecule has 0 radical (unpaired) electrons. The molecule has 0 heterocycles. The first-order valence-corrected chi connectivity index (χ1v) is 6.79. The fraction of sp³-hybridized carbons (Fsp3) is 0.333. The van der Waals surface area contributed by atoms with Crippen LogP contribution in [0.4, 0.5) is 10.5 Å². The molecule has 0 aliphatic carbocycles. The minimum absolute atomic E-state index is 0.555. The average Bonchev–Trinajstić information content (AvgIpc) is 2.35. The zero-order valence-electron chi connectivity index (χ0n) is 10.6. The standard InChI is InChI=1S/C12H16N2O4S/c1-7(15)10(11(16)17)14-12(18)13-8-4-3-5-9(6-8)19-2/h3-7,10,15H,1-2H3,(H,16,17)(H2,13,14,18)/t7-,10+/m1/s1. The van der Waals surface area contributed by atoms with Crippen LogP contribution in [0.1, 0.15) is 6.92 Å². The van der Waals surface area contributed by atoms with Crippen LogP contribution < -0.4 is 10.6 Å². The van der Waals surface area contributed by atoms with Gasteiger partial charge in [0.15, 0.2) is 6.04 Å². The lowest BCUT2D eigenvalue weighted by atomic mass is 10.2. The van der Waals surface area contributed by atoms with Gasteiger partial charge in [0.25, 0.3) is 0 Å². The lowest BCUT2D eigenvalue weighted by Gasteiger charge is -2.17. The van der Waals surface area contributed by atoms with E-state index in [2.05, 4.69) is 10.6 Å². The Kier molecular flexibility index (Phi) is 5.65. The number of aliphatic hydroxyl groups excluding tert-OH is 1. The number of carbonyl (C=O) groups excluding carboxylic acids is 1. The molecule has 6 nitrogen and oxygen atoms in total. The molecule has 0 bridgehead atoms. The van der Waals surface area contributed by atoms with Gasteiger partial charge in [0.1, 0.15) is 0 Å². The summed E-state index contributed by atoms with van der Waals surface area (Å²) in [5, 5.41) is 22.8. The first-order valence-electron chi connectivity index (χ1n) is 5.56. The fourth-order valence-electron chi connectivity index (χ4n) is 1.40. The van der Waals surface area contributed by atoms with Crippen molar-refractivity contribution < 1.29 is 19.8 Å². The number of carbonyl (C=O) groups is 2. The Balaban J connectivity index is 2.66. The van der Waals surface area contributed by atoms with Crippen molar-refractivity contribution in [2.45, 2.75) is 24.0 Å². The molecule has 1 aromatic rings. The second-order valence-electron chi connectivity index (χ2n) is 3.89. The summed E-state index contributed by atoms with van der Waals surface area (Å²) in [6.07, 6.45) is 0.730. The van der Waals surface area contributed by atoms with Gasteiger partial charge >= 0.3 is 12.0 Å². The molecule has 2 amide bonds. The molecule has 0 unspecified atom stereocenters. The lowest BCUT2D eigenvalue weighted by molar-refractivity contribution is -0.141. The number of thioether (sulfide) groups is 1. The molecule has 0 saturated carbocycles. The van der Waals surface area contributed by atoms with Gasteiger partial charge in [-0.2, -0.15) is 0 Å². The van der Waals surface area contributed by atoms with E-state index in [0.717, 1.165) is 4.90 Å². The van der Waals surface area contributed by atoms with Crippen LogP contribution in [0.2, 0.25) is 0 Å². The Bertz CT molecular complexity index is 465. The summed E-state index contributed by atoms with van der Waals surface area (Å²) in [6.45, 7) is 1.30. The van der Waals surface area contributed by atoms with E-state index in [1.165, 1.54) is 18.7 Å². The van der Waals surface area contributed by atoms with Crippen molar-refractivity contribution in [1.29, 1.82) is 0 Å². The second-order valence-corrected chi connectivity index (χ2v) is 4.77. The number of nitrogens with one attached hydrogen (secondary N) is 2. The summed E-state index contributed by atoms with van der Waals surface area (Å²) in [5.41, 5.74) is 0.555. The number of aliphatic carboxylic acids is 1. The van der Waals surface area contributed by atoms with E-state index in [1.807, 2.05) is 12.3 Å². The second kappa shape index (κ2) is 7.01. The molecule has 1 aromatic carbocycles. The zero-order valence-corrected chi connectivity index (χ0v) is 11.4. The predicted molar refractivity (Wildman–Crippen MR) is 73.5 cm³/mol. The summed E-state index contributed by atoms with van der Waals surface area (Å²) >= 11 is 1.53. The van der Waals surface area contributed by atoms with Gasteiger partial charge in [-0.3, -0.25) is 0 Å². The van der Waals surface area contributed by atoms with Crippen molar-refractivity contribution in [2.75, 3.05) is 11.6 Å². The number of hydrogen-bond acceptors (Lipinski definition) is 4. The number of carboxylic acid groups (broad SMARTS) is 1. The Morgan fingerprint density at radius 3 is 2.58 bits per heavy atom. The maximum Gasteiger partial charge on any atom is 0.328 e. The van der Waals surface area contributed by atoms with Crippen molar-refractivity contribution in [1.82, 2.24) is 5.32 Å². The smallest absolute Gasteiger partial charge is 0.328 e. The topological polar surface area (TPSA) is 98.7 Å². The van der Waals surface area contributed by atoms with Crippen molar-refractivity contribution in [3.05, 3.63) is 24.3 Å². The molecule has 0 aromatic heterocycles. The van der Waals surface area contributed by atoms with E-state index < -0.39 is 24.1 Å². The summed E-state index contributed by atoms with van der Waals surface area (Å²) in [4.78, 5) is 23.4.